The van der Waals surface area contributed by atoms with Gasteiger partial charge in [-0.3, -0.25) is 19.3 Å². The molecule has 1 fully saturated rings. The maximum atomic E-state index is 14.2. The van der Waals surface area contributed by atoms with E-state index in [1.54, 1.807) is 17.9 Å². The van der Waals surface area contributed by atoms with Crippen LogP contribution in [0.15, 0.2) is 23.0 Å². The van der Waals surface area contributed by atoms with E-state index in [9.17, 15) is 23.9 Å². The zero-order chi connectivity index (χ0) is 23.9. The van der Waals surface area contributed by atoms with Gasteiger partial charge in [0.2, 0.25) is 11.8 Å². The summed E-state index contributed by atoms with van der Waals surface area (Å²) in [5.74, 6) is -1.83. The summed E-state index contributed by atoms with van der Waals surface area (Å²) in [4.78, 5) is 41.5. The number of halogens is 2. The van der Waals surface area contributed by atoms with E-state index in [4.69, 9.17) is 11.6 Å². The van der Waals surface area contributed by atoms with Crippen LogP contribution in [-0.4, -0.2) is 58.1 Å². The number of aromatic hydroxyl groups is 1. The van der Waals surface area contributed by atoms with Gasteiger partial charge in [0.25, 0.3) is 5.91 Å². The van der Waals surface area contributed by atoms with Gasteiger partial charge in [0.15, 0.2) is 5.75 Å². The van der Waals surface area contributed by atoms with E-state index in [-0.39, 0.29) is 34.9 Å². The highest BCUT2D eigenvalue weighted by Gasteiger charge is 2.40. The van der Waals surface area contributed by atoms with E-state index in [1.165, 1.54) is 12.1 Å². The molecule has 2 atom stereocenters. The summed E-state index contributed by atoms with van der Waals surface area (Å²) in [5.41, 5.74) is 0.146. The highest BCUT2D eigenvalue weighted by atomic mass is 35.5. The van der Waals surface area contributed by atoms with E-state index < -0.39 is 22.9 Å². The summed E-state index contributed by atoms with van der Waals surface area (Å²) < 4.78 is 16.0. The van der Waals surface area contributed by atoms with E-state index in [1.807, 2.05) is 11.6 Å². The highest BCUT2D eigenvalue weighted by Crippen LogP contribution is 2.37. The number of pyridine rings is 1. The summed E-state index contributed by atoms with van der Waals surface area (Å²) in [6, 6.07) is 4.25. The molecule has 176 valence electrons. The second kappa shape index (κ2) is 9.15. The number of carbonyl (C=O) groups excluding carboxylic acids is 2. The third-order valence-corrected chi connectivity index (χ3v) is 6.92. The third-order valence-electron chi connectivity index (χ3n) is 6.63. The fourth-order valence-corrected chi connectivity index (χ4v) is 5.27. The molecule has 2 aliphatic heterocycles. The molecule has 1 aromatic heterocycles. The van der Waals surface area contributed by atoms with Crippen LogP contribution in [0.1, 0.15) is 46.2 Å². The van der Waals surface area contributed by atoms with E-state index in [2.05, 4.69) is 10.2 Å². The van der Waals surface area contributed by atoms with Crippen LogP contribution < -0.4 is 10.7 Å². The van der Waals surface area contributed by atoms with Crippen molar-refractivity contribution in [3.63, 3.8) is 0 Å². The van der Waals surface area contributed by atoms with Gasteiger partial charge in [-0.25, -0.2) is 4.39 Å². The number of likely N-dealkylation sites (N-methyl/N-ethyl adjacent to an activating group) is 1. The van der Waals surface area contributed by atoms with Gasteiger partial charge < -0.3 is 19.9 Å². The Morgan fingerprint density at radius 3 is 2.85 bits per heavy atom. The molecule has 0 aliphatic carbocycles. The van der Waals surface area contributed by atoms with Crippen molar-refractivity contribution in [1.29, 1.82) is 0 Å². The van der Waals surface area contributed by atoms with Gasteiger partial charge in [0.1, 0.15) is 17.5 Å². The fourth-order valence-electron chi connectivity index (χ4n) is 5.07. The molecule has 2 amide bonds. The van der Waals surface area contributed by atoms with Gasteiger partial charge in [-0.15, -0.1) is 0 Å². The zero-order valence-electron chi connectivity index (χ0n) is 18.5. The smallest absolute Gasteiger partial charge is 0.257 e. The number of hydrogen-bond acceptors (Lipinski definition) is 5. The molecule has 2 aromatic rings. The lowest BCUT2D eigenvalue weighted by Crippen LogP contribution is -2.55. The first kappa shape index (κ1) is 23.3. The molecule has 0 radical (unpaired) electrons. The largest absolute Gasteiger partial charge is 0.503 e. The molecule has 1 aromatic carbocycles. The molecule has 0 saturated carbocycles. The van der Waals surface area contributed by atoms with Crippen LogP contribution in [0.5, 0.6) is 5.75 Å². The molecule has 8 nitrogen and oxygen atoms in total. The summed E-state index contributed by atoms with van der Waals surface area (Å²) >= 11 is 5.80. The minimum Gasteiger partial charge on any atom is -0.503 e. The van der Waals surface area contributed by atoms with Crippen molar-refractivity contribution in [1.82, 2.24) is 19.7 Å². The summed E-state index contributed by atoms with van der Waals surface area (Å²) in [6.07, 6.45) is 2.46. The summed E-state index contributed by atoms with van der Waals surface area (Å²) in [5, 5.41) is 13.1. The Hall–Kier alpha value is -2.91. The zero-order valence-corrected chi connectivity index (χ0v) is 19.2. The minimum absolute atomic E-state index is 0.0603. The van der Waals surface area contributed by atoms with Crippen LogP contribution in [0, 0.1) is 12.7 Å². The second-order valence-electron chi connectivity index (χ2n) is 8.55. The van der Waals surface area contributed by atoms with Crippen molar-refractivity contribution in [2.24, 2.45) is 0 Å². The topological polar surface area (TPSA) is 94.9 Å². The van der Waals surface area contributed by atoms with Gasteiger partial charge in [-0.2, -0.15) is 0 Å². The number of rotatable bonds is 5. The van der Waals surface area contributed by atoms with Crippen molar-refractivity contribution in [3.8, 4) is 5.75 Å². The lowest BCUT2D eigenvalue weighted by atomic mass is 10.1. The van der Waals surface area contributed by atoms with E-state index >= 15 is 0 Å². The number of fused-ring (bicyclic) bond motifs is 1. The quantitative estimate of drug-likeness (QED) is 0.645. The van der Waals surface area contributed by atoms with Crippen molar-refractivity contribution < 1.29 is 19.1 Å². The van der Waals surface area contributed by atoms with Crippen molar-refractivity contribution in [2.75, 3.05) is 20.1 Å². The van der Waals surface area contributed by atoms with Crippen LogP contribution in [-0.2, 0) is 17.8 Å². The molecule has 0 bridgehead atoms. The van der Waals surface area contributed by atoms with Crippen LogP contribution in [0.3, 0.4) is 0 Å². The predicted molar refractivity (Wildman–Crippen MR) is 121 cm³/mol. The normalized spacial score (nSPS) is 20.5. The lowest BCUT2D eigenvalue weighted by molar-refractivity contribution is -0.128. The second-order valence-corrected chi connectivity index (χ2v) is 8.95. The molecular formula is C23H26ClFN4O4. The van der Waals surface area contributed by atoms with Gasteiger partial charge in [-0.1, -0.05) is 23.7 Å². The van der Waals surface area contributed by atoms with Crippen LogP contribution >= 0.6 is 11.6 Å². The van der Waals surface area contributed by atoms with Gasteiger partial charge >= 0.3 is 0 Å². The number of amides is 2. The molecule has 2 unspecified atom stereocenters. The Kier molecular flexibility index (Phi) is 6.45. The van der Waals surface area contributed by atoms with Crippen LogP contribution in [0.4, 0.5) is 4.39 Å². The van der Waals surface area contributed by atoms with Gasteiger partial charge in [0.05, 0.1) is 16.8 Å². The Labute approximate surface area is 195 Å². The van der Waals surface area contributed by atoms with Crippen LogP contribution in [0.25, 0.3) is 0 Å². The van der Waals surface area contributed by atoms with Gasteiger partial charge in [0, 0.05) is 30.9 Å². The number of nitrogens with one attached hydrogen (secondary N) is 1. The first-order chi connectivity index (χ1) is 15.8. The van der Waals surface area contributed by atoms with Crippen LogP contribution in [0.2, 0.25) is 5.02 Å². The average Bonchev–Trinajstić information content (AvgIpc) is 3.22. The van der Waals surface area contributed by atoms with Crippen molar-refractivity contribution in [2.45, 2.75) is 44.9 Å². The Morgan fingerprint density at radius 1 is 1.36 bits per heavy atom. The molecule has 33 heavy (non-hydrogen) atoms. The fraction of sp³-hybridized carbons (Fsp3) is 0.435. The average molecular weight is 477 g/mol. The molecular weight excluding hydrogens is 451 g/mol. The maximum absolute atomic E-state index is 14.2. The predicted octanol–water partition coefficient (Wildman–Crippen LogP) is 2.19. The van der Waals surface area contributed by atoms with Gasteiger partial charge in [-0.05, 0) is 39.3 Å². The lowest BCUT2D eigenvalue weighted by Gasteiger charge is -2.44. The minimum atomic E-state index is -0.757. The standard InChI is InChI=1S/C23H26ClFN4O4/c1-13-20(31)21(32)18(22(33)26-11-14-5-3-6-15(24)19(14)25)16-7-8-17(29(13)16)23-27(2)9-4-10-28(23)12-30/h3,5-6,12,17,23,31H,4,7-11H2,1-2H3,(H,26,33). The number of carbonyl (C=O) groups is 2. The first-order valence-electron chi connectivity index (χ1n) is 10.9. The Bertz CT molecular complexity index is 1170. The Morgan fingerprint density at radius 2 is 2.12 bits per heavy atom. The highest BCUT2D eigenvalue weighted by molar-refractivity contribution is 6.30. The third kappa shape index (κ3) is 4.00. The van der Waals surface area contributed by atoms with E-state index in [0.717, 1.165) is 19.4 Å². The molecule has 3 heterocycles. The number of benzene rings is 1. The summed E-state index contributed by atoms with van der Waals surface area (Å²) in [6.45, 7) is 2.90. The number of hydrogen-bond donors (Lipinski definition) is 2. The summed E-state index contributed by atoms with van der Waals surface area (Å²) in [7, 11) is 1.93. The maximum Gasteiger partial charge on any atom is 0.257 e. The first-order valence-corrected chi connectivity index (χ1v) is 11.2. The molecule has 2 aliphatic rings. The molecule has 4 rings (SSSR count). The number of aromatic nitrogens is 1. The van der Waals surface area contributed by atoms with E-state index in [0.29, 0.717) is 30.8 Å². The Balaban J connectivity index is 1.70. The molecule has 10 heteroatoms. The molecule has 0 spiro atoms. The molecule has 2 N–H and O–H groups in total. The number of nitrogens with zero attached hydrogens (tertiary/aromatic N) is 3. The monoisotopic (exact) mass is 476 g/mol. The SMILES string of the molecule is Cc1c(O)c(=O)c(C(=O)NCc2cccc(Cl)c2F)c2n1C(C1N(C)CCCN1C=O)CC2. The molecule has 1 saturated heterocycles. The van der Waals surface area contributed by atoms with Crippen molar-refractivity contribution in [3.05, 3.63) is 61.8 Å². The van der Waals surface area contributed by atoms with Crippen molar-refractivity contribution >= 4 is 23.9 Å².